The summed E-state index contributed by atoms with van der Waals surface area (Å²) in [6, 6.07) is 35.7. The van der Waals surface area contributed by atoms with Crippen LogP contribution in [0.1, 0.15) is 0 Å². The maximum atomic E-state index is 11.6. The summed E-state index contributed by atoms with van der Waals surface area (Å²) in [6.07, 6.45) is 0. The summed E-state index contributed by atoms with van der Waals surface area (Å²) >= 11 is 0. The Bertz CT molecular complexity index is 2170. The van der Waals surface area contributed by atoms with Crippen LogP contribution in [0.4, 0.5) is 11.4 Å². The van der Waals surface area contributed by atoms with E-state index in [4.69, 9.17) is 20.9 Å². The van der Waals surface area contributed by atoms with Gasteiger partial charge >= 0.3 is 59.1 Å². The predicted molar refractivity (Wildman–Crippen MR) is 181 cm³/mol. The van der Waals surface area contributed by atoms with E-state index < -0.39 is 20.2 Å². The Labute approximate surface area is 334 Å². The molecule has 0 amide bonds. The van der Waals surface area contributed by atoms with Gasteiger partial charge in [0.05, 0.1) is 9.79 Å². The second-order valence-corrected chi connectivity index (χ2v) is 13.5. The van der Waals surface area contributed by atoms with Crippen LogP contribution in [0.5, 0.6) is 23.0 Å². The zero-order chi connectivity index (χ0) is 34.1. The zero-order valence-corrected chi connectivity index (χ0v) is 32.6. The van der Waals surface area contributed by atoms with Gasteiger partial charge in [-0.3, -0.25) is 0 Å². The van der Waals surface area contributed by atoms with Gasteiger partial charge in [0.15, 0.2) is 0 Å². The van der Waals surface area contributed by atoms with E-state index in [9.17, 15) is 25.9 Å². The largest absolute Gasteiger partial charge is 1.00 e. The fraction of sp³-hybridized carbons (Fsp3) is 0. The summed E-state index contributed by atoms with van der Waals surface area (Å²) in [5.41, 5.74) is 16.7. The van der Waals surface area contributed by atoms with Crippen molar-refractivity contribution in [2.75, 3.05) is 11.5 Å². The van der Waals surface area contributed by atoms with Crippen molar-refractivity contribution in [3.63, 3.8) is 0 Å². The quantitative estimate of drug-likeness (QED) is 0.125. The van der Waals surface area contributed by atoms with Crippen molar-refractivity contribution in [2.24, 2.45) is 0 Å². The third kappa shape index (κ3) is 9.36. The average Bonchev–Trinajstić information content (AvgIpc) is 3.06. The molecular weight excluding hydrogens is 699 g/mol. The van der Waals surface area contributed by atoms with E-state index in [0.29, 0.717) is 56.6 Å². The maximum absolute atomic E-state index is 11.6. The van der Waals surface area contributed by atoms with Crippen LogP contribution >= 0.6 is 0 Å². The molecule has 242 valence electrons. The Morgan fingerprint density at radius 3 is 1.02 bits per heavy atom. The fourth-order valence-corrected chi connectivity index (χ4v) is 5.92. The van der Waals surface area contributed by atoms with Crippen LogP contribution in [0, 0.1) is 0 Å². The number of rotatable bonds is 9. The van der Waals surface area contributed by atoms with Crippen LogP contribution in [0.25, 0.3) is 33.4 Å². The number of ether oxygens (including phenoxy) is 2. The van der Waals surface area contributed by atoms with Crippen LogP contribution in [0.2, 0.25) is 0 Å². The molecule has 6 rings (SSSR count). The van der Waals surface area contributed by atoms with E-state index in [2.05, 4.69) is 0 Å². The summed E-state index contributed by atoms with van der Waals surface area (Å²) < 4.78 is 81.9. The molecule has 6 aromatic carbocycles. The Morgan fingerprint density at radius 2 is 0.720 bits per heavy atom. The molecule has 0 saturated heterocycles. The Balaban J connectivity index is 0.00000281. The SMILES string of the molecule is Nc1ccc(Oc2ccc(-c3ccc(Oc4ccc(N)cc4)c(-c4ccc(S(=O)(=O)[O-])cc4)c3)cc2-c2ccc(S(=O)(=O)[O-])cc2)cc1.[Na+].[Na+]. The molecule has 10 nitrogen and oxygen atoms in total. The Kier molecular flexibility index (Phi) is 12.6. The molecule has 0 atom stereocenters. The van der Waals surface area contributed by atoms with Gasteiger partial charge in [-0.15, -0.1) is 0 Å². The molecule has 0 bridgehead atoms. The minimum atomic E-state index is -4.65. The molecule has 0 aromatic heterocycles. The van der Waals surface area contributed by atoms with Crippen molar-refractivity contribution in [1.82, 2.24) is 0 Å². The third-order valence-corrected chi connectivity index (χ3v) is 9.12. The molecule has 14 heteroatoms. The average molecular weight is 725 g/mol. The van der Waals surface area contributed by atoms with Crippen LogP contribution in [0.3, 0.4) is 0 Å². The van der Waals surface area contributed by atoms with Crippen molar-refractivity contribution in [2.45, 2.75) is 9.79 Å². The van der Waals surface area contributed by atoms with Gasteiger partial charge in [0.2, 0.25) is 0 Å². The van der Waals surface area contributed by atoms with E-state index in [-0.39, 0.29) is 68.9 Å². The van der Waals surface area contributed by atoms with E-state index in [0.717, 1.165) is 11.1 Å². The van der Waals surface area contributed by atoms with Crippen molar-refractivity contribution in [1.29, 1.82) is 0 Å². The van der Waals surface area contributed by atoms with Gasteiger partial charge in [0.1, 0.15) is 43.2 Å². The molecule has 0 unspecified atom stereocenters. The maximum Gasteiger partial charge on any atom is 1.00 e. The first-order valence-electron chi connectivity index (χ1n) is 14.3. The van der Waals surface area contributed by atoms with Gasteiger partial charge in [0, 0.05) is 22.5 Å². The second-order valence-electron chi connectivity index (χ2n) is 10.7. The number of nitrogen functional groups attached to an aromatic ring is 2. The van der Waals surface area contributed by atoms with Crippen LogP contribution in [-0.2, 0) is 20.2 Å². The first kappa shape index (κ1) is 39.1. The van der Waals surface area contributed by atoms with Gasteiger partial charge < -0.3 is 30.0 Å². The second kappa shape index (κ2) is 16.1. The molecule has 0 radical (unpaired) electrons. The first-order chi connectivity index (χ1) is 22.8. The van der Waals surface area contributed by atoms with Gasteiger partial charge in [0.25, 0.3) is 0 Å². The van der Waals surface area contributed by atoms with Crippen LogP contribution in [-0.4, -0.2) is 25.9 Å². The summed E-state index contributed by atoms with van der Waals surface area (Å²) in [5, 5.41) is 0. The summed E-state index contributed by atoms with van der Waals surface area (Å²) in [6.45, 7) is 0. The van der Waals surface area contributed by atoms with Gasteiger partial charge in [-0.1, -0.05) is 36.4 Å². The predicted octanol–water partition coefficient (Wildman–Crippen LogP) is 1.25. The molecule has 0 saturated carbocycles. The topological polar surface area (TPSA) is 185 Å². The van der Waals surface area contributed by atoms with Gasteiger partial charge in [-0.05, 0) is 119 Å². The molecule has 0 heterocycles. The third-order valence-electron chi connectivity index (χ3n) is 7.42. The molecule has 0 spiro atoms. The van der Waals surface area contributed by atoms with Gasteiger partial charge in [-0.2, -0.15) is 0 Å². The van der Waals surface area contributed by atoms with Crippen LogP contribution < -0.4 is 80.1 Å². The number of benzene rings is 6. The minimum absolute atomic E-state index is 0. The Morgan fingerprint density at radius 1 is 0.420 bits per heavy atom. The zero-order valence-electron chi connectivity index (χ0n) is 26.9. The molecule has 50 heavy (non-hydrogen) atoms. The first-order valence-corrected chi connectivity index (χ1v) is 17.1. The van der Waals surface area contributed by atoms with Crippen LogP contribution in [0.15, 0.2) is 143 Å². The monoisotopic (exact) mass is 724 g/mol. The van der Waals surface area contributed by atoms with E-state index >= 15 is 0 Å². The van der Waals surface area contributed by atoms with E-state index in [1.807, 2.05) is 24.3 Å². The molecule has 0 fully saturated rings. The molecule has 0 aliphatic rings. The molecule has 0 aliphatic carbocycles. The Hall–Kier alpha value is -3.66. The number of anilines is 2. The van der Waals surface area contributed by atoms with E-state index in [1.54, 1.807) is 60.7 Å². The number of nitrogens with two attached hydrogens (primary N) is 2. The van der Waals surface area contributed by atoms with Crippen molar-refractivity contribution in [3.05, 3.63) is 133 Å². The smallest absolute Gasteiger partial charge is 0.744 e. The molecule has 4 N–H and O–H groups in total. The van der Waals surface area contributed by atoms with Crippen molar-refractivity contribution >= 4 is 31.6 Å². The summed E-state index contributed by atoms with van der Waals surface area (Å²) in [5.74, 6) is 1.96. The normalized spacial score (nSPS) is 11.2. The number of hydrogen-bond acceptors (Lipinski definition) is 10. The molecular formula is C36H26N2Na2O8S2. The summed E-state index contributed by atoms with van der Waals surface area (Å²) in [7, 11) is -9.30. The van der Waals surface area contributed by atoms with E-state index in [1.165, 1.54) is 48.5 Å². The fourth-order valence-electron chi connectivity index (χ4n) is 4.98. The van der Waals surface area contributed by atoms with Crippen molar-refractivity contribution < 1.29 is 94.5 Å². The van der Waals surface area contributed by atoms with Gasteiger partial charge in [-0.25, -0.2) is 16.8 Å². The molecule has 0 aliphatic heterocycles. The molecule has 6 aromatic rings. The summed E-state index contributed by atoms with van der Waals surface area (Å²) in [4.78, 5) is -0.721. The number of hydrogen-bond donors (Lipinski definition) is 2. The minimum Gasteiger partial charge on any atom is -0.744 e. The standard InChI is InChI=1S/C36H28N2O8S2.2Na/c37-27-7-11-29(12-8-27)45-35-19-5-25(21-33(35)23-1-15-31(16-2-23)47(39,40)41)26-6-20-36(46-30-13-9-28(38)10-14-30)34(22-26)24-3-17-32(18-4-24)48(42,43)44;;/h1-22H,37-38H2,(H,39,40,41)(H,42,43,44);;/q;2*+1/p-2. The van der Waals surface area contributed by atoms with Crippen molar-refractivity contribution in [3.8, 4) is 56.4 Å².